The molecular weight excluding hydrogens is 426 g/mol. The molecule has 2 aromatic carbocycles. The number of carbonyl (C=O) groups is 1. The van der Waals surface area contributed by atoms with E-state index in [1.54, 1.807) is 23.7 Å². The van der Waals surface area contributed by atoms with Crippen molar-refractivity contribution in [3.63, 3.8) is 0 Å². The summed E-state index contributed by atoms with van der Waals surface area (Å²) in [5.41, 5.74) is 9.47. The second kappa shape index (κ2) is 9.12. The van der Waals surface area contributed by atoms with Crippen molar-refractivity contribution in [1.82, 2.24) is 9.97 Å². The molecule has 0 fully saturated rings. The summed E-state index contributed by atoms with van der Waals surface area (Å²) in [6.45, 7) is 2.92. The van der Waals surface area contributed by atoms with E-state index >= 15 is 0 Å². The van der Waals surface area contributed by atoms with Gasteiger partial charge in [-0.2, -0.15) is 0 Å². The van der Waals surface area contributed by atoms with Crippen LogP contribution in [0.5, 0.6) is 0 Å². The standard InChI is InChI=1S/C28H25N3OS/c1-19-28(33-18-30-19)26-23-13-12-22(31(2)15-7-10-20-8-4-3-5-9-20)16-24(23)27(32)25(26)21-11-6-14-29-17-21/h3-6,8-9,11-14,16-18H,7,10,15H2,1-2H3. The molecule has 0 bridgehead atoms. The van der Waals surface area contributed by atoms with E-state index in [-0.39, 0.29) is 5.78 Å². The quantitative estimate of drug-likeness (QED) is 0.342. The molecule has 4 aromatic rings. The summed E-state index contributed by atoms with van der Waals surface area (Å²) in [6, 6.07) is 20.6. The number of aromatic nitrogens is 2. The van der Waals surface area contributed by atoms with Gasteiger partial charge in [0.2, 0.25) is 0 Å². The highest BCUT2D eigenvalue weighted by molar-refractivity contribution is 7.11. The molecular formula is C28H25N3OS. The van der Waals surface area contributed by atoms with E-state index < -0.39 is 0 Å². The minimum absolute atomic E-state index is 0.0559. The molecule has 0 saturated carbocycles. The number of hydrogen-bond acceptors (Lipinski definition) is 5. The van der Waals surface area contributed by atoms with E-state index in [0.717, 1.165) is 57.9 Å². The number of hydrogen-bond donors (Lipinski definition) is 0. The molecule has 5 rings (SSSR count). The van der Waals surface area contributed by atoms with Crippen LogP contribution in [-0.2, 0) is 6.42 Å². The van der Waals surface area contributed by atoms with Crippen molar-refractivity contribution in [2.75, 3.05) is 18.5 Å². The molecule has 5 heteroatoms. The third kappa shape index (κ3) is 4.12. The average Bonchev–Trinajstić information content (AvgIpc) is 3.40. The second-order valence-corrected chi connectivity index (χ2v) is 9.18. The van der Waals surface area contributed by atoms with Crippen LogP contribution in [0.25, 0.3) is 11.1 Å². The zero-order valence-electron chi connectivity index (χ0n) is 18.8. The van der Waals surface area contributed by atoms with E-state index in [9.17, 15) is 4.79 Å². The molecule has 1 aliphatic carbocycles. The highest BCUT2D eigenvalue weighted by Gasteiger charge is 2.33. The number of Topliss-reactive ketones (excluding diaryl/α,β-unsaturated/α-hetero) is 1. The minimum atomic E-state index is 0.0559. The summed E-state index contributed by atoms with van der Waals surface area (Å²) >= 11 is 1.58. The number of anilines is 1. The summed E-state index contributed by atoms with van der Waals surface area (Å²) in [6.07, 6.45) is 5.59. The van der Waals surface area contributed by atoms with Crippen molar-refractivity contribution in [1.29, 1.82) is 0 Å². The molecule has 1 aliphatic rings. The van der Waals surface area contributed by atoms with Gasteiger partial charge in [-0.3, -0.25) is 9.78 Å². The molecule has 0 saturated heterocycles. The molecule has 164 valence electrons. The predicted octanol–water partition coefficient (Wildman–Crippen LogP) is 6.07. The third-order valence-electron chi connectivity index (χ3n) is 6.16. The number of carbonyl (C=O) groups excluding carboxylic acids is 1. The summed E-state index contributed by atoms with van der Waals surface area (Å²) in [7, 11) is 2.09. The molecule has 0 spiro atoms. The number of aryl methyl sites for hydroxylation is 2. The Kier molecular flexibility index (Phi) is 5.88. The largest absolute Gasteiger partial charge is 0.375 e. The van der Waals surface area contributed by atoms with Crippen molar-refractivity contribution in [2.45, 2.75) is 19.8 Å². The number of allylic oxidation sites excluding steroid dienone is 1. The summed E-state index contributed by atoms with van der Waals surface area (Å²) in [5.74, 6) is 0.0559. The number of fused-ring (bicyclic) bond motifs is 1. The van der Waals surface area contributed by atoms with Crippen LogP contribution in [0, 0.1) is 6.92 Å². The molecule has 0 unspecified atom stereocenters. The fourth-order valence-electron chi connectivity index (χ4n) is 4.42. The zero-order chi connectivity index (χ0) is 22.8. The van der Waals surface area contributed by atoms with Crippen LogP contribution >= 0.6 is 11.3 Å². The van der Waals surface area contributed by atoms with E-state index in [0.29, 0.717) is 5.57 Å². The van der Waals surface area contributed by atoms with Gasteiger partial charge in [-0.15, -0.1) is 11.3 Å². The number of rotatable bonds is 7. The summed E-state index contributed by atoms with van der Waals surface area (Å²) in [4.78, 5) is 25.6. The number of ketones is 1. The molecule has 33 heavy (non-hydrogen) atoms. The Hall–Kier alpha value is -3.57. The van der Waals surface area contributed by atoms with Crippen molar-refractivity contribution >= 4 is 34.0 Å². The molecule has 0 amide bonds. The summed E-state index contributed by atoms with van der Waals surface area (Å²) in [5, 5.41) is 0. The highest BCUT2D eigenvalue weighted by Crippen LogP contribution is 2.45. The SMILES string of the molecule is Cc1ncsc1C1=C(c2cccnc2)C(=O)c2cc(N(C)CCCc3ccccc3)ccc21. The van der Waals surface area contributed by atoms with Crippen LogP contribution < -0.4 is 4.90 Å². The van der Waals surface area contributed by atoms with Gasteiger partial charge >= 0.3 is 0 Å². The maximum atomic E-state index is 13.7. The topological polar surface area (TPSA) is 46.1 Å². The lowest BCUT2D eigenvalue weighted by atomic mass is 9.99. The Balaban J connectivity index is 1.45. The zero-order valence-corrected chi connectivity index (χ0v) is 19.6. The Morgan fingerprint density at radius 1 is 0.970 bits per heavy atom. The fraction of sp³-hybridized carbons (Fsp3) is 0.179. The lowest BCUT2D eigenvalue weighted by Crippen LogP contribution is -2.19. The Bertz CT molecular complexity index is 1330. The maximum absolute atomic E-state index is 13.7. The second-order valence-electron chi connectivity index (χ2n) is 8.33. The van der Waals surface area contributed by atoms with Gasteiger partial charge in [-0.25, -0.2) is 4.98 Å². The fourth-order valence-corrected chi connectivity index (χ4v) is 5.29. The van der Waals surface area contributed by atoms with Gasteiger partial charge in [0.25, 0.3) is 0 Å². The first kappa shape index (κ1) is 21.3. The van der Waals surface area contributed by atoms with Crippen molar-refractivity contribution < 1.29 is 4.79 Å². The molecule has 2 heterocycles. The lowest BCUT2D eigenvalue weighted by molar-refractivity contribution is 0.105. The smallest absolute Gasteiger partial charge is 0.195 e. The third-order valence-corrected chi connectivity index (χ3v) is 7.11. The maximum Gasteiger partial charge on any atom is 0.195 e. The lowest BCUT2D eigenvalue weighted by Gasteiger charge is -2.20. The first-order valence-electron chi connectivity index (χ1n) is 11.1. The number of thiazole rings is 1. The highest BCUT2D eigenvalue weighted by atomic mass is 32.1. The van der Waals surface area contributed by atoms with E-state index in [2.05, 4.69) is 58.3 Å². The van der Waals surface area contributed by atoms with Gasteiger partial charge in [0.1, 0.15) is 0 Å². The minimum Gasteiger partial charge on any atom is -0.375 e. The van der Waals surface area contributed by atoms with Crippen LogP contribution in [0.3, 0.4) is 0 Å². The van der Waals surface area contributed by atoms with Crippen LogP contribution in [-0.4, -0.2) is 29.3 Å². The number of benzene rings is 2. The van der Waals surface area contributed by atoms with E-state index in [1.165, 1.54) is 5.56 Å². The van der Waals surface area contributed by atoms with Crippen LogP contribution in [0.15, 0.2) is 78.6 Å². The molecule has 2 aromatic heterocycles. The van der Waals surface area contributed by atoms with Crippen LogP contribution in [0.4, 0.5) is 5.69 Å². The number of nitrogens with zero attached hydrogens (tertiary/aromatic N) is 3. The first-order valence-corrected chi connectivity index (χ1v) is 12.0. The molecule has 0 radical (unpaired) electrons. The summed E-state index contributed by atoms with van der Waals surface area (Å²) < 4.78 is 0. The number of pyridine rings is 1. The van der Waals surface area contributed by atoms with Gasteiger partial charge in [0.05, 0.1) is 16.1 Å². The Morgan fingerprint density at radius 3 is 2.55 bits per heavy atom. The van der Waals surface area contributed by atoms with Crippen LogP contribution in [0.1, 0.15) is 44.0 Å². The molecule has 0 aliphatic heterocycles. The van der Waals surface area contributed by atoms with Crippen molar-refractivity contribution in [3.05, 3.63) is 111 Å². The van der Waals surface area contributed by atoms with Gasteiger partial charge in [-0.05, 0) is 49.1 Å². The Morgan fingerprint density at radius 2 is 1.82 bits per heavy atom. The van der Waals surface area contributed by atoms with Crippen molar-refractivity contribution in [3.8, 4) is 0 Å². The average molecular weight is 452 g/mol. The monoisotopic (exact) mass is 451 g/mol. The van der Waals surface area contributed by atoms with Gasteiger partial charge in [0.15, 0.2) is 5.78 Å². The normalized spacial score (nSPS) is 12.8. The van der Waals surface area contributed by atoms with Crippen molar-refractivity contribution in [2.24, 2.45) is 0 Å². The molecule has 0 N–H and O–H groups in total. The molecule has 4 nitrogen and oxygen atoms in total. The van der Waals surface area contributed by atoms with Gasteiger partial charge in [-0.1, -0.05) is 42.5 Å². The Labute approximate surface area is 198 Å². The first-order chi connectivity index (χ1) is 16.1. The van der Waals surface area contributed by atoms with E-state index in [4.69, 9.17) is 0 Å². The van der Waals surface area contributed by atoms with Gasteiger partial charge < -0.3 is 4.90 Å². The predicted molar refractivity (Wildman–Crippen MR) is 136 cm³/mol. The van der Waals surface area contributed by atoms with E-state index in [1.807, 2.05) is 36.7 Å². The van der Waals surface area contributed by atoms with Gasteiger partial charge in [0, 0.05) is 53.9 Å². The van der Waals surface area contributed by atoms with Crippen LogP contribution in [0.2, 0.25) is 0 Å². The molecule has 0 atom stereocenters.